The largest absolute Gasteiger partial charge is 0.489 e. The van der Waals surface area contributed by atoms with Crippen LogP contribution in [-0.4, -0.2) is 20.8 Å². The number of hydrogen-bond donors (Lipinski definition) is 1. The molecule has 2 aromatic heterocycles. The molecule has 0 spiro atoms. The van der Waals surface area contributed by atoms with E-state index in [1.54, 1.807) is 44.2 Å². The number of aromatic nitrogens is 3. The first-order valence-corrected chi connectivity index (χ1v) is 10.3. The number of nitrogens with one attached hydrogen (secondary N) is 1. The van der Waals surface area contributed by atoms with Crippen molar-refractivity contribution in [2.75, 3.05) is 5.32 Å². The van der Waals surface area contributed by atoms with Crippen molar-refractivity contribution in [3.63, 3.8) is 0 Å². The van der Waals surface area contributed by atoms with E-state index in [2.05, 4.69) is 15.6 Å². The molecular formula is C24H21F3N4O3. The van der Waals surface area contributed by atoms with Gasteiger partial charge in [0, 0.05) is 11.6 Å². The van der Waals surface area contributed by atoms with Crippen molar-refractivity contribution in [2.45, 2.75) is 33.6 Å². The maximum Gasteiger partial charge on any atom is 0.416 e. The Labute approximate surface area is 193 Å². The smallest absolute Gasteiger partial charge is 0.416 e. The highest BCUT2D eigenvalue weighted by atomic mass is 19.4. The molecule has 2 aromatic carbocycles. The summed E-state index contributed by atoms with van der Waals surface area (Å²) in [6.45, 7) is 5.52. The van der Waals surface area contributed by atoms with Crippen molar-refractivity contribution in [3.8, 4) is 11.4 Å². The molecular weight excluding hydrogens is 449 g/mol. The van der Waals surface area contributed by atoms with Gasteiger partial charge < -0.3 is 14.6 Å². The average molecular weight is 470 g/mol. The molecule has 0 unspecified atom stereocenters. The molecule has 4 aromatic rings. The van der Waals surface area contributed by atoms with Crippen LogP contribution in [-0.2, 0) is 12.8 Å². The summed E-state index contributed by atoms with van der Waals surface area (Å²) in [6, 6.07) is 12.9. The second-order valence-corrected chi connectivity index (χ2v) is 7.70. The minimum Gasteiger partial charge on any atom is -0.489 e. The molecule has 0 bridgehead atoms. The molecule has 4 rings (SSSR count). The number of hydrogen-bond acceptors (Lipinski definition) is 5. The summed E-state index contributed by atoms with van der Waals surface area (Å²) >= 11 is 0. The van der Waals surface area contributed by atoms with Crippen LogP contribution in [0.3, 0.4) is 0 Å². The van der Waals surface area contributed by atoms with Gasteiger partial charge in [-0.15, -0.1) is 0 Å². The van der Waals surface area contributed by atoms with Crippen LogP contribution in [0, 0.1) is 20.8 Å². The number of aryl methyl sites for hydroxylation is 3. The maximum absolute atomic E-state index is 13.1. The Hall–Kier alpha value is -4.08. The Kier molecular flexibility index (Phi) is 6.14. The van der Waals surface area contributed by atoms with E-state index in [1.165, 1.54) is 16.8 Å². The quantitative estimate of drug-likeness (QED) is 0.395. The number of carbonyl (C=O) groups excluding carboxylic acids is 1. The molecule has 0 saturated heterocycles. The number of alkyl halides is 3. The van der Waals surface area contributed by atoms with E-state index in [0.717, 1.165) is 23.4 Å². The predicted octanol–water partition coefficient (Wildman–Crippen LogP) is 5.64. The first kappa shape index (κ1) is 23.1. The highest BCUT2D eigenvalue weighted by Gasteiger charge is 2.30. The number of amides is 1. The fourth-order valence-corrected chi connectivity index (χ4v) is 3.38. The number of rotatable bonds is 6. The maximum atomic E-state index is 13.1. The second kappa shape index (κ2) is 9.05. The summed E-state index contributed by atoms with van der Waals surface area (Å²) < 4.78 is 51.6. The average Bonchev–Trinajstić information content (AvgIpc) is 3.32. The summed E-state index contributed by atoms with van der Waals surface area (Å²) in [5, 5.41) is 10.8. The molecule has 0 atom stereocenters. The molecule has 0 saturated carbocycles. The van der Waals surface area contributed by atoms with Crippen LogP contribution in [0.15, 0.2) is 59.1 Å². The lowest BCUT2D eigenvalue weighted by atomic mass is 10.2. The monoisotopic (exact) mass is 470 g/mol. The molecule has 10 heteroatoms. The predicted molar refractivity (Wildman–Crippen MR) is 118 cm³/mol. The second-order valence-electron chi connectivity index (χ2n) is 7.70. The molecule has 34 heavy (non-hydrogen) atoms. The van der Waals surface area contributed by atoms with Gasteiger partial charge in [-0.1, -0.05) is 17.3 Å². The Bertz CT molecular complexity index is 1320. The Morgan fingerprint density at radius 2 is 1.85 bits per heavy atom. The van der Waals surface area contributed by atoms with Crippen LogP contribution in [0.5, 0.6) is 5.75 Å². The first-order valence-electron chi connectivity index (χ1n) is 10.3. The van der Waals surface area contributed by atoms with E-state index >= 15 is 0 Å². The normalized spacial score (nSPS) is 11.5. The fourth-order valence-electron chi connectivity index (χ4n) is 3.38. The van der Waals surface area contributed by atoms with Crippen molar-refractivity contribution < 1.29 is 27.2 Å². The summed E-state index contributed by atoms with van der Waals surface area (Å²) in [5.74, 6) is 0.902. The van der Waals surface area contributed by atoms with Crippen molar-refractivity contribution in [3.05, 3.63) is 88.4 Å². The molecule has 0 fully saturated rings. The van der Waals surface area contributed by atoms with E-state index in [4.69, 9.17) is 9.26 Å². The van der Waals surface area contributed by atoms with E-state index in [0.29, 0.717) is 22.8 Å². The standard InChI is InChI=1S/C24H21F3N4O3/c1-14-10-22(31(29-14)19-8-5-7-18(12-19)24(25,26)27)28-23(32)17-6-4-9-20(11-17)33-13-21-15(2)30-34-16(21)3/h4-12H,13H2,1-3H3,(H,28,32). The Morgan fingerprint density at radius 1 is 1.09 bits per heavy atom. The van der Waals surface area contributed by atoms with Gasteiger partial charge in [0.15, 0.2) is 0 Å². The SMILES string of the molecule is Cc1cc(NC(=O)c2cccc(OCc3c(C)noc3C)c2)n(-c2cccc(C(F)(F)F)c2)n1. The lowest BCUT2D eigenvalue weighted by Crippen LogP contribution is -2.15. The van der Waals surface area contributed by atoms with E-state index in [-0.39, 0.29) is 18.1 Å². The number of anilines is 1. The van der Waals surface area contributed by atoms with Crippen LogP contribution in [0.4, 0.5) is 19.0 Å². The molecule has 0 aliphatic heterocycles. The third-order valence-electron chi connectivity index (χ3n) is 5.15. The Balaban J connectivity index is 1.54. The number of ether oxygens (including phenoxy) is 1. The van der Waals surface area contributed by atoms with Gasteiger partial charge in [-0.3, -0.25) is 4.79 Å². The molecule has 0 aliphatic rings. The fraction of sp³-hybridized carbons (Fsp3) is 0.208. The van der Waals surface area contributed by atoms with Gasteiger partial charge >= 0.3 is 6.18 Å². The van der Waals surface area contributed by atoms with Crippen LogP contribution in [0.2, 0.25) is 0 Å². The summed E-state index contributed by atoms with van der Waals surface area (Å²) in [5.41, 5.74) is 1.77. The zero-order valence-corrected chi connectivity index (χ0v) is 18.6. The minimum atomic E-state index is -4.49. The van der Waals surface area contributed by atoms with E-state index < -0.39 is 17.6 Å². The van der Waals surface area contributed by atoms with Gasteiger partial charge in [-0.25, -0.2) is 4.68 Å². The molecule has 0 radical (unpaired) electrons. The van der Waals surface area contributed by atoms with E-state index in [9.17, 15) is 18.0 Å². The lowest BCUT2D eigenvalue weighted by molar-refractivity contribution is -0.137. The van der Waals surface area contributed by atoms with Gasteiger partial charge in [0.25, 0.3) is 5.91 Å². The number of benzene rings is 2. The summed E-state index contributed by atoms with van der Waals surface area (Å²) in [4.78, 5) is 12.9. The summed E-state index contributed by atoms with van der Waals surface area (Å²) in [6.07, 6.45) is -4.49. The van der Waals surface area contributed by atoms with Crippen LogP contribution in [0.25, 0.3) is 5.69 Å². The number of halogens is 3. The van der Waals surface area contributed by atoms with Crippen molar-refractivity contribution in [1.29, 1.82) is 0 Å². The minimum absolute atomic E-state index is 0.176. The highest BCUT2D eigenvalue weighted by Crippen LogP contribution is 2.31. The highest BCUT2D eigenvalue weighted by molar-refractivity contribution is 6.04. The number of nitrogens with zero attached hydrogens (tertiary/aromatic N) is 3. The molecule has 1 N–H and O–H groups in total. The van der Waals surface area contributed by atoms with Crippen molar-refractivity contribution in [1.82, 2.24) is 14.9 Å². The molecule has 1 amide bonds. The topological polar surface area (TPSA) is 82.2 Å². The van der Waals surface area contributed by atoms with Crippen molar-refractivity contribution in [2.24, 2.45) is 0 Å². The van der Waals surface area contributed by atoms with Gasteiger partial charge in [0.2, 0.25) is 0 Å². The third kappa shape index (κ3) is 4.95. The Morgan fingerprint density at radius 3 is 2.56 bits per heavy atom. The van der Waals surface area contributed by atoms with E-state index in [1.807, 2.05) is 6.92 Å². The molecule has 0 aliphatic carbocycles. The lowest BCUT2D eigenvalue weighted by Gasteiger charge is -2.12. The van der Waals surface area contributed by atoms with Gasteiger partial charge in [-0.2, -0.15) is 18.3 Å². The van der Waals surface area contributed by atoms with Crippen molar-refractivity contribution >= 4 is 11.7 Å². The van der Waals surface area contributed by atoms with Crippen LogP contribution >= 0.6 is 0 Å². The molecule has 2 heterocycles. The van der Waals surface area contributed by atoms with Gasteiger partial charge in [0.05, 0.1) is 28.2 Å². The molecule has 7 nitrogen and oxygen atoms in total. The zero-order chi connectivity index (χ0) is 24.5. The number of carbonyl (C=O) groups is 1. The zero-order valence-electron chi connectivity index (χ0n) is 18.6. The third-order valence-corrected chi connectivity index (χ3v) is 5.15. The van der Waals surface area contributed by atoms with Crippen LogP contribution < -0.4 is 10.1 Å². The van der Waals surface area contributed by atoms with Gasteiger partial charge in [-0.05, 0) is 57.2 Å². The molecule has 176 valence electrons. The first-order chi connectivity index (χ1) is 16.1. The van der Waals surface area contributed by atoms with Crippen LogP contribution in [0.1, 0.15) is 38.6 Å². The van der Waals surface area contributed by atoms with Gasteiger partial charge in [0.1, 0.15) is 23.9 Å². The summed E-state index contributed by atoms with van der Waals surface area (Å²) in [7, 11) is 0.